The fraction of sp³-hybridized carbons (Fsp3) is 0.318. The molecule has 28 heavy (non-hydrogen) atoms. The van der Waals surface area contributed by atoms with Gasteiger partial charge < -0.3 is 5.32 Å². The van der Waals surface area contributed by atoms with Gasteiger partial charge in [-0.2, -0.15) is 0 Å². The van der Waals surface area contributed by atoms with Gasteiger partial charge in [-0.15, -0.1) is 0 Å². The van der Waals surface area contributed by atoms with Crippen molar-refractivity contribution in [2.75, 3.05) is 10.2 Å². The minimum Gasteiger partial charge on any atom is -0.322 e. The van der Waals surface area contributed by atoms with Gasteiger partial charge in [0, 0.05) is 16.3 Å². The predicted molar refractivity (Wildman–Crippen MR) is 109 cm³/mol. The van der Waals surface area contributed by atoms with Gasteiger partial charge in [0.05, 0.1) is 17.5 Å². The second-order valence-electron chi connectivity index (χ2n) is 7.47. The van der Waals surface area contributed by atoms with Crippen molar-refractivity contribution < 1.29 is 14.4 Å². The van der Waals surface area contributed by atoms with Crippen LogP contribution in [-0.2, 0) is 9.59 Å². The topological polar surface area (TPSA) is 66.5 Å². The average Bonchev–Trinajstić information content (AvgIpc) is 2.95. The Morgan fingerprint density at radius 1 is 1.04 bits per heavy atom. The maximum atomic E-state index is 12.8. The van der Waals surface area contributed by atoms with Crippen molar-refractivity contribution in [3.05, 3.63) is 58.6 Å². The fourth-order valence-corrected chi connectivity index (χ4v) is 4.30. The summed E-state index contributed by atoms with van der Waals surface area (Å²) in [6, 6.07) is 11.9. The van der Waals surface area contributed by atoms with Gasteiger partial charge in [-0.3, -0.25) is 19.3 Å². The van der Waals surface area contributed by atoms with Gasteiger partial charge in [0.15, 0.2) is 0 Å². The van der Waals surface area contributed by atoms with Gasteiger partial charge in [-0.1, -0.05) is 36.6 Å². The summed E-state index contributed by atoms with van der Waals surface area (Å²) in [5.41, 5.74) is 2.36. The molecule has 4 rings (SSSR count). The largest absolute Gasteiger partial charge is 0.322 e. The molecule has 0 unspecified atom stereocenters. The zero-order valence-electron chi connectivity index (χ0n) is 15.6. The molecule has 0 aromatic heterocycles. The van der Waals surface area contributed by atoms with E-state index in [0.717, 1.165) is 31.2 Å². The van der Waals surface area contributed by atoms with Gasteiger partial charge in [0.1, 0.15) is 0 Å². The van der Waals surface area contributed by atoms with Crippen LogP contribution in [0.25, 0.3) is 0 Å². The second kappa shape index (κ2) is 7.40. The van der Waals surface area contributed by atoms with Crippen molar-refractivity contribution in [1.82, 2.24) is 0 Å². The molecule has 144 valence electrons. The Balaban J connectivity index is 1.59. The lowest BCUT2D eigenvalue weighted by molar-refractivity contribution is -0.122. The smallest absolute Gasteiger partial charge is 0.255 e. The number of carbonyl (C=O) groups is 3. The number of rotatable bonds is 3. The van der Waals surface area contributed by atoms with Crippen LogP contribution in [-0.4, -0.2) is 17.7 Å². The fourth-order valence-electron chi connectivity index (χ4n) is 4.13. The van der Waals surface area contributed by atoms with Crippen LogP contribution in [0.1, 0.15) is 41.6 Å². The van der Waals surface area contributed by atoms with Crippen LogP contribution < -0.4 is 10.2 Å². The number of hydrogen-bond donors (Lipinski definition) is 1. The molecule has 1 aliphatic heterocycles. The zero-order chi connectivity index (χ0) is 19.8. The van der Waals surface area contributed by atoms with E-state index in [0.29, 0.717) is 22.0 Å². The van der Waals surface area contributed by atoms with Crippen molar-refractivity contribution in [2.24, 2.45) is 11.8 Å². The van der Waals surface area contributed by atoms with Gasteiger partial charge in [-0.25, -0.2) is 0 Å². The van der Waals surface area contributed by atoms with E-state index in [2.05, 4.69) is 5.32 Å². The van der Waals surface area contributed by atoms with E-state index < -0.39 is 0 Å². The van der Waals surface area contributed by atoms with Crippen LogP contribution in [0.3, 0.4) is 0 Å². The molecule has 1 saturated heterocycles. The summed E-state index contributed by atoms with van der Waals surface area (Å²) >= 11 is 6.02. The highest BCUT2D eigenvalue weighted by Gasteiger charge is 2.48. The van der Waals surface area contributed by atoms with Gasteiger partial charge in [0.25, 0.3) is 5.91 Å². The van der Waals surface area contributed by atoms with E-state index in [1.807, 2.05) is 13.0 Å². The first kappa shape index (κ1) is 18.7. The lowest BCUT2D eigenvalue weighted by Gasteiger charge is -2.19. The number of nitrogens with one attached hydrogen (secondary N) is 1. The average molecular weight is 397 g/mol. The quantitative estimate of drug-likeness (QED) is 0.772. The van der Waals surface area contributed by atoms with E-state index in [1.165, 1.54) is 4.90 Å². The molecule has 6 heteroatoms. The first-order valence-electron chi connectivity index (χ1n) is 9.51. The molecule has 2 aromatic carbocycles. The van der Waals surface area contributed by atoms with E-state index in [1.54, 1.807) is 36.4 Å². The zero-order valence-corrected chi connectivity index (χ0v) is 16.3. The molecular weight excluding hydrogens is 376 g/mol. The first-order chi connectivity index (χ1) is 13.5. The summed E-state index contributed by atoms with van der Waals surface area (Å²) < 4.78 is 0. The van der Waals surface area contributed by atoms with Crippen LogP contribution in [0.15, 0.2) is 42.5 Å². The van der Waals surface area contributed by atoms with E-state index in [4.69, 9.17) is 11.6 Å². The molecule has 2 aromatic rings. The second-order valence-corrected chi connectivity index (χ2v) is 7.91. The predicted octanol–water partition coefficient (Wildman–Crippen LogP) is 4.58. The number of nitrogens with zero attached hydrogens (tertiary/aromatic N) is 1. The molecule has 2 aliphatic rings. The Bertz CT molecular complexity index is 948. The molecule has 0 radical (unpaired) electrons. The molecule has 0 spiro atoms. The monoisotopic (exact) mass is 396 g/mol. The number of imide groups is 1. The first-order valence-corrected chi connectivity index (χ1v) is 9.89. The third-order valence-corrected chi connectivity index (χ3v) is 5.89. The summed E-state index contributed by atoms with van der Waals surface area (Å²) in [7, 11) is 0. The van der Waals surface area contributed by atoms with Crippen LogP contribution in [0.2, 0.25) is 5.02 Å². The molecule has 1 saturated carbocycles. The summed E-state index contributed by atoms with van der Waals surface area (Å²) in [5.74, 6) is -1.03. The third-order valence-electron chi connectivity index (χ3n) is 5.66. The Morgan fingerprint density at radius 3 is 2.39 bits per heavy atom. The normalized spacial score (nSPS) is 21.6. The Kier molecular flexibility index (Phi) is 4.94. The lowest BCUT2D eigenvalue weighted by Crippen LogP contribution is -2.31. The minimum absolute atomic E-state index is 0.141. The minimum atomic E-state index is -0.316. The molecule has 2 fully saturated rings. The molecule has 1 heterocycles. The van der Waals surface area contributed by atoms with Crippen molar-refractivity contribution in [3.8, 4) is 0 Å². The number of fused-ring (bicyclic) bond motifs is 1. The number of anilines is 2. The molecule has 1 aliphatic carbocycles. The summed E-state index contributed by atoms with van der Waals surface area (Å²) in [4.78, 5) is 39.6. The van der Waals surface area contributed by atoms with E-state index in [-0.39, 0.29) is 29.6 Å². The van der Waals surface area contributed by atoms with E-state index >= 15 is 0 Å². The SMILES string of the molecule is Cc1ccc(Cl)cc1NC(=O)c1cccc(N2C(=O)[C@H]3CCCC[C@H]3C2=O)c1. The highest BCUT2D eigenvalue weighted by molar-refractivity contribution is 6.31. The molecule has 2 atom stereocenters. The van der Waals surface area contributed by atoms with Crippen molar-refractivity contribution >= 4 is 40.7 Å². The number of benzene rings is 2. The van der Waals surface area contributed by atoms with Gasteiger partial charge >= 0.3 is 0 Å². The standard InChI is InChI=1S/C22H21ClN2O3/c1-13-9-10-15(23)12-19(13)24-20(26)14-5-4-6-16(11-14)25-21(27)17-7-2-3-8-18(17)22(25)28/h4-6,9-12,17-18H,2-3,7-8H2,1H3,(H,24,26)/t17-,18+. The lowest BCUT2D eigenvalue weighted by atomic mass is 9.81. The Hall–Kier alpha value is -2.66. The Morgan fingerprint density at radius 2 is 1.71 bits per heavy atom. The number of aryl methyl sites for hydroxylation is 1. The highest BCUT2D eigenvalue weighted by atomic mass is 35.5. The maximum Gasteiger partial charge on any atom is 0.255 e. The van der Waals surface area contributed by atoms with Crippen molar-refractivity contribution in [1.29, 1.82) is 0 Å². The van der Waals surface area contributed by atoms with Gasteiger partial charge in [-0.05, 0) is 55.7 Å². The van der Waals surface area contributed by atoms with Crippen LogP contribution >= 0.6 is 11.6 Å². The highest BCUT2D eigenvalue weighted by Crippen LogP contribution is 2.40. The van der Waals surface area contributed by atoms with E-state index in [9.17, 15) is 14.4 Å². The number of hydrogen-bond acceptors (Lipinski definition) is 3. The molecule has 1 N–H and O–H groups in total. The maximum absolute atomic E-state index is 12.8. The number of halogens is 1. The molecule has 5 nitrogen and oxygen atoms in total. The molecule has 3 amide bonds. The van der Waals surface area contributed by atoms with Crippen molar-refractivity contribution in [2.45, 2.75) is 32.6 Å². The molecular formula is C22H21ClN2O3. The summed E-state index contributed by atoms with van der Waals surface area (Å²) in [6.45, 7) is 1.88. The van der Waals surface area contributed by atoms with Crippen LogP contribution in [0.5, 0.6) is 0 Å². The van der Waals surface area contributed by atoms with Crippen molar-refractivity contribution in [3.63, 3.8) is 0 Å². The van der Waals surface area contributed by atoms with Crippen LogP contribution in [0.4, 0.5) is 11.4 Å². The van der Waals surface area contributed by atoms with Crippen LogP contribution in [0, 0.1) is 18.8 Å². The van der Waals surface area contributed by atoms with Gasteiger partial charge in [0.2, 0.25) is 11.8 Å². The summed E-state index contributed by atoms with van der Waals surface area (Å²) in [6.07, 6.45) is 3.49. The third kappa shape index (κ3) is 3.31. The number of amides is 3. The number of carbonyl (C=O) groups excluding carboxylic acids is 3. The molecule has 0 bridgehead atoms. The Labute approximate surface area is 168 Å². The summed E-state index contributed by atoms with van der Waals surface area (Å²) in [5, 5.41) is 3.38.